The fourth-order valence-electron chi connectivity index (χ4n) is 2.82. The summed E-state index contributed by atoms with van der Waals surface area (Å²) >= 11 is 0. The first kappa shape index (κ1) is 19.2. The number of hydrogen-bond acceptors (Lipinski definition) is 6. The van der Waals surface area contributed by atoms with Gasteiger partial charge in [0.1, 0.15) is 0 Å². The summed E-state index contributed by atoms with van der Waals surface area (Å²) in [5.74, 6) is 3.92. The fourth-order valence-corrected chi connectivity index (χ4v) is 2.82. The minimum absolute atomic E-state index is 0.0523. The van der Waals surface area contributed by atoms with Crippen molar-refractivity contribution in [3.8, 4) is 0 Å². The van der Waals surface area contributed by atoms with Gasteiger partial charge in [-0.05, 0) is 47.5 Å². The molecule has 3 rings (SSSR count). The number of nitrogens with two attached hydrogens (primary N) is 1. The number of hydrogen-bond donors (Lipinski definition) is 3. The van der Waals surface area contributed by atoms with E-state index >= 15 is 0 Å². The van der Waals surface area contributed by atoms with Gasteiger partial charge >= 0.3 is 5.97 Å². The van der Waals surface area contributed by atoms with Crippen molar-refractivity contribution in [2.45, 2.75) is 12.6 Å². The Morgan fingerprint density at radius 3 is 2.54 bits per heavy atom. The van der Waals surface area contributed by atoms with Crippen molar-refractivity contribution >= 4 is 17.4 Å². The van der Waals surface area contributed by atoms with E-state index in [0.717, 1.165) is 5.56 Å². The fraction of sp³-hybridized carbons (Fsp3) is 0.0952. The summed E-state index contributed by atoms with van der Waals surface area (Å²) in [6.07, 6.45) is 2.27. The number of pyridine rings is 1. The highest BCUT2D eigenvalue weighted by Gasteiger charge is 2.25. The van der Waals surface area contributed by atoms with E-state index in [4.69, 9.17) is 10.7 Å². The van der Waals surface area contributed by atoms with Crippen molar-refractivity contribution in [2.24, 2.45) is 5.90 Å². The van der Waals surface area contributed by atoms with Gasteiger partial charge < -0.3 is 10.4 Å². The number of benzene rings is 2. The van der Waals surface area contributed by atoms with Crippen LogP contribution in [-0.2, 0) is 11.4 Å². The van der Waals surface area contributed by atoms with Gasteiger partial charge in [0.15, 0.2) is 11.9 Å². The molecule has 0 radical (unpaired) electrons. The first-order valence-corrected chi connectivity index (χ1v) is 8.55. The van der Waals surface area contributed by atoms with Crippen LogP contribution in [0.25, 0.3) is 0 Å². The average Bonchev–Trinajstić information content (AvgIpc) is 2.74. The second kappa shape index (κ2) is 8.90. The Morgan fingerprint density at radius 1 is 1.07 bits per heavy atom. The maximum Gasteiger partial charge on any atom is 0.335 e. The molecular weight excluding hydrogens is 358 g/mol. The minimum atomic E-state index is -1.12. The maximum absolute atomic E-state index is 13.1. The number of rotatable bonds is 8. The van der Waals surface area contributed by atoms with Gasteiger partial charge in [-0.1, -0.05) is 24.3 Å². The molecule has 142 valence electrons. The Hall–Kier alpha value is -3.55. The Balaban J connectivity index is 1.86. The molecule has 1 aromatic heterocycles. The minimum Gasteiger partial charge on any atom is -0.478 e. The number of nitrogens with zero attached hydrogens (tertiary/aromatic N) is 1. The molecule has 7 heteroatoms. The summed E-state index contributed by atoms with van der Waals surface area (Å²) in [6.45, 7) is 0.509. The van der Waals surface area contributed by atoms with Gasteiger partial charge in [-0.15, -0.1) is 0 Å². The highest BCUT2D eigenvalue weighted by Crippen LogP contribution is 2.26. The SMILES string of the molecule is NOC(C(=O)c1ccccc1NCc1ccncc1)c1cccc(C(=O)O)c1. The van der Waals surface area contributed by atoms with Crippen molar-refractivity contribution in [3.05, 3.63) is 95.3 Å². The number of carboxylic acid groups (broad SMARTS) is 1. The Kier molecular flexibility index (Phi) is 6.11. The van der Waals surface area contributed by atoms with Crippen LogP contribution in [0.2, 0.25) is 0 Å². The molecule has 1 heterocycles. The third-order valence-electron chi connectivity index (χ3n) is 4.24. The van der Waals surface area contributed by atoms with E-state index in [0.29, 0.717) is 23.4 Å². The first-order chi connectivity index (χ1) is 13.6. The summed E-state index contributed by atoms with van der Waals surface area (Å²) in [5, 5.41) is 12.4. The smallest absolute Gasteiger partial charge is 0.335 e. The zero-order valence-corrected chi connectivity index (χ0v) is 14.9. The van der Waals surface area contributed by atoms with Gasteiger partial charge in [0.2, 0.25) is 0 Å². The topological polar surface area (TPSA) is 115 Å². The van der Waals surface area contributed by atoms with E-state index < -0.39 is 12.1 Å². The highest BCUT2D eigenvalue weighted by atomic mass is 16.6. The lowest BCUT2D eigenvalue weighted by Gasteiger charge is -2.17. The van der Waals surface area contributed by atoms with E-state index in [1.54, 1.807) is 42.7 Å². The van der Waals surface area contributed by atoms with Crippen LogP contribution >= 0.6 is 0 Å². The van der Waals surface area contributed by atoms with Crippen molar-refractivity contribution in [1.29, 1.82) is 0 Å². The summed E-state index contributed by atoms with van der Waals surface area (Å²) in [6, 6.07) is 16.7. The van der Waals surface area contributed by atoms with Crippen LogP contribution in [0.4, 0.5) is 5.69 Å². The molecule has 1 atom stereocenters. The van der Waals surface area contributed by atoms with Gasteiger partial charge in [0.25, 0.3) is 0 Å². The van der Waals surface area contributed by atoms with Gasteiger partial charge in [-0.3, -0.25) is 14.6 Å². The number of carbonyl (C=O) groups excluding carboxylic acids is 1. The molecule has 0 amide bonds. The lowest BCUT2D eigenvalue weighted by atomic mass is 9.97. The number of carbonyl (C=O) groups is 2. The number of nitrogens with one attached hydrogen (secondary N) is 1. The molecule has 0 aliphatic rings. The number of ketones is 1. The molecule has 0 fully saturated rings. The largest absolute Gasteiger partial charge is 0.478 e. The molecule has 0 aliphatic carbocycles. The second-order valence-electron chi connectivity index (χ2n) is 6.07. The van der Waals surface area contributed by atoms with E-state index in [1.165, 1.54) is 12.1 Å². The Morgan fingerprint density at radius 2 is 1.82 bits per heavy atom. The van der Waals surface area contributed by atoms with Crippen LogP contribution in [-0.4, -0.2) is 21.8 Å². The van der Waals surface area contributed by atoms with Crippen LogP contribution in [0, 0.1) is 0 Å². The van der Waals surface area contributed by atoms with Gasteiger partial charge in [0, 0.05) is 30.2 Å². The van der Waals surface area contributed by atoms with E-state index in [9.17, 15) is 14.7 Å². The lowest BCUT2D eigenvalue weighted by molar-refractivity contribution is 0.0404. The quantitative estimate of drug-likeness (QED) is 0.408. The molecule has 3 aromatic rings. The molecule has 1 unspecified atom stereocenters. The predicted octanol–water partition coefficient (Wildman–Crippen LogP) is 3.21. The zero-order chi connectivity index (χ0) is 19.9. The molecule has 0 saturated carbocycles. The molecule has 4 N–H and O–H groups in total. The van der Waals surface area contributed by atoms with Crippen LogP contribution in [0.1, 0.15) is 37.9 Å². The molecule has 7 nitrogen and oxygen atoms in total. The van der Waals surface area contributed by atoms with Crippen LogP contribution in [0.3, 0.4) is 0 Å². The molecule has 28 heavy (non-hydrogen) atoms. The number of anilines is 1. The molecule has 0 bridgehead atoms. The van der Waals surface area contributed by atoms with Crippen molar-refractivity contribution < 1.29 is 19.5 Å². The predicted molar refractivity (Wildman–Crippen MR) is 104 cm³/mol. The van der Waals surface area contributed by atoms with Crippen molar-refractivity contribution in [1.82, 2.24) is 4.98 Å². The summed E-state index contributed by atoms with van der Waals surface area (Å²) in [7, 11) is 0. The summed E-state index contributed by atoms with van der Waals surface area (Å²) < 4.78 is 0. The number of aromatic carboxylic acids is 1. The van der Waals surface area contributed by atoms with Gasteiger partial charge in [-0.2, -0.15) is 0 Å². The van der Waals surface area contributed by atoms with E-state index in [1.807, 2.05) is 18.2 Å². The average molecular weight is 377 g/mol. The maximum atomic E-state index is 13.1. The van der Waals surface area contributed by atoms with Crippen LogP contribution < -0.4 is 11.2 Å². The van der Waals surface area contributed by atoms with Crippen LogP contribution in [0.15, 0.2) is 73.1 Å². The molecular formula is C21H19N3O4. The highest BCUT2D eigenvalue weighted by molar-refractivity contribution is 6.04. The van der Waals surface area contributed by atoms with Crippen molar-refractivity contribution in [3.63, 3.8) is 0 Å². The Bertz CT molecular complexity index is 976. The molecule has 2 aromatic carbocycles. The third kappa shape index (κ3) is 4.40. The summed E-state index contributed by atoms with van der Waals surface area (Å²) in [4.78, 5) is 33.2. The normalized spacial score (nSPS) is 11.6. The van der Waals surface area contributed by atoms with Crippen molar-refractivity contribution in [2.75, 3.05) is 5.32 Å². The monoisotopic (exact) mass is 377 g/mol. The third-order valence-corrected chi connectivity index (χ3v) is 4.24. The zero-order valence-electron chi connectivity index (χ0n) is 14.9. The van der Waals surface area contributed by atoms with E-state index in [2.05, 4.69) is 10.3 Å². The second-order valence-corrected chi connectivity index (χ2v) is 6.07. The van der Waals surface area contributed by atoms with Crippen LogP contribution in [0.5, 0.6) is 0 Å². The van der Waals surface area contributed by atoms with E-state index in [-0.39, 0.29) is 11.3 Å². The number of aromatic nitrogens is 1. The molecule has 0 spiro atoms. The van der Waals surface area contributed by atoms with Gasteiger partial charge in [0.05, 0.1) is 5.56 Å². The number of Topliss-reactive ketones (excluding diaryl/α,β-unsaturated/α-hetero) is 1. The van der Waals surface area contributed by atoms with Gasteiger partial charge in [-0.25, -0.2) is 10.7 Å². The Labute approximate surface area is 161 Å². The standard InChI is InChI=1S/C21H19N3O4/c22-28-20(15-4-3-5-16(12-15)21(26)27)19(25)17-6-1-2-7-18(17)24-13-14-8-10-23-11-9-14/h1-12,20,24H,13,22H2,(H,26,27). The molecule has 0 aliphatic heterocycles. The summed E-state index contributed by atoms with van der Waals surface area (Å²) in [5.41, 5.74) is 2.46. The number of carboxylic acids is 1. The first-order valence-electron chi connectivity index (χ1n) is 8.55. The number of para-hydroxylation sites is 1. The lowest BCUT2D eigenvalue weighted by Crippen LogP contribution is -2.21. The molecule has 0 saturated heterocycles.